The second-order valence-corrected chi connectivity index (χ2v) is 2.60. The van der Waals surface area contributed by atoms with Gasteiger partial charge in [-0.1, -0.05) is 18.2 Å². The smallest absolute Gasteiger partial charge is 0.177 e. The fraction of sp³-hybridized carbons (Fsp3) is 0.222. The Morgan fingerprint density at radius 1 is 1.42 bits per heavy atom. The Bertz CT molecular complexity index is 309. The third-order valence-corrected chi connectivity index (χ3v) is 1.88. The lowest BCUT2D eigenvalue weighted by molar-refractivity contribution is 0.111. The monoisotopic (exact) mass is 162 g/mol. The molecule has 3 heteroatoms. The summed E-state index contributed by atoms with van der Waals surface area (Å²) in [6, 6.07) is 7.98. The standard InChI is InChI=1S/C9H10N2O/c1-12-9-7-4-2-3-5-8(7)10-6-11-9/h2-6,9H,1H3,(H,10,11)/t9-/m1/s1. The van der Waals surface area contributed by atoms with Crippen molar-refractivity contribution in [2.75, 3.05) is 12.4 Å². The first-order chi connectivity index (χ1) is 5.92. The molecule has 62 valence electrons. The van der Waals surface area contributed by atoms with Gasteiger partial charge in [0.2, 0.25) is 0 Å². The zero-order valence-electron chi connectivity index (χ0n) is 6.82. The molecule has 0 aliphatic carbocycles. The van der Waals surface area contributed by atoms with Crippen molar-refractivity contribution in [1.82, 2.24) is 0 Å². The number of para-hydroxylation sites is 1. The average Bonchev–Trinajstić information content (AvgIpc) is 2.17. The molecule has 0 fully saturated rings. The van der Waals surface area contributed by atoms with E-state index in [1.807, 2.05) is 24.3 Å². The number of rotatable bonds is 1. The van der Waals surface area contributed by atoms with E-state index in [-0.39, 0.29) is 6.23 Å². The van der Waals surface area contributed by atoms with Gasteiger partial charge in [-0.25, -0.2) is 4.99 Å². The van der Waals surface area contributed by atoms with Gasteiger partial charge in [-0.2, -0.15) is 0 Å². The van der Waals surface area contributed by atoms with Crippen molar-refractivity contribution in [1.29, 1.82) is 0 Å². The fourth-order valence-electron chi connectivity index (χ4n) is 1.29. The Morgan fingerprint density at radius 2 is 2.25 bits per heavy atom. The van der Waals surface area contributed by atoms with Crippen LogP contribution in [0.3, 0.4) is 0 Å². The summed E-state index contributed by atoms with van der Waals surface area (Å²) in [4.78, 5) is 4.13. The van der Waals surface area contributed by atoms with Crippen LogP contribution >= 0.6 is 0 Å². The normalized spacial score (nSPS) is 19.9. The number of hydrogen-bond donors (Lipinski definition) is 1. The summed E-state index contributed by atoms with van der Waals surface area (Å²) in [5.74, 6) is 0. The molecule has 1 atom stereocenters. The molecule has 1 aliphatic heterocycles. The number of fused-ring (bicyclic) bond motifs is 1. The topological polar surface area (TPSA) is 33.6 Å². The molecule has 3 nitrogen and oxygen atoms in total. The van der Waals surface area contributed by atoms with Crippen molar-refractivity contribution in [2.45, 2.75) is 6.23 Å². The molecule has 0 amide bonds. The van der Waals surface area contributed by atoms with Crippen LogP contribution in [0.5, 0.6) is 0 Å². The molecule has 0 radical (unpaired) electrons. The maximum atomic E-state index is 5.18. The SMILES string of the molecule is CO[C@H]1N=CNc2ccccc21. The van der Waals surface area contributed by atoms with E-state index in [4.69, 9.17) is 4.74 Å². The summed E-state index contributed by atoms with van der Waals surface area (Å²) in [5.41, 5.74) is 2.15. The molecular weight excluding hydrogens is 152 g/mol. The largest absolute Gasteiger partial charge is 0.355 e. The van der Waals surface area contributed by atoms with Crippen LogP contribution in [0.1, 0.15) is 11.8 Å². The van der Waals surface area contributed by atoms with Crippen LogP contribution in [0.4, 0.5) is 5.69 Å². The zero-order chi connectivity index (χ0) is 8.39. The number of methoxy groups -OCH3 is 1. The van der Waals surface area contributed by atoms with Gasteiger partial charge in [-0.3, -0.25) is 0 Å². The molecule has 0 saturated carbocycles. The minimum absolute atomic E-state index is 0.151. The van der Waals surface area contributed by atoms with Crippen molar-refractivity contribution in [3.63, 3.8) is 0 Å². The predicted octanol–water partition coefficient (Wildman–Crippen LogP) is 1.79. The van der Waals surface area contributed by atoms with E-state index >= 15 is 0 Å². The molecule has 1 aromatic rings. The Morgan fingerprint density at radius 3 is 3.08 bits per heavy atom. The van der Waals surface area contributed by atoms with Crippen molar-refractivity contribution in [2.24, 2.45) is 4.99 Å². The van der Waals surface area contributed by atoms with Crippen molar-refractivity contribution < 1.29 is 4.74 Å². The Balaban J connectivity index is 2.43. The van der Waals surface area contributed by atoms with Gasteiger partial charge in [-0.15, -0.1) is 0 Å². The summed E-state index contributed by atoms with van der Waals surface area (Å²) in [7, 11) is 1.66. The number of anilines is 1. The van der Waals surface area contributed by atoms with Crippen LogP contribution in [0.2, 0.25) is 0 Å². The number of nitrogens with one attached hydrogen (secondary N) is 1. The summed E-state index contributed by atoms with van der Waals surface area (Å²) in [5, 5.41) is 3.06. The summed E-state index contributed by atoms with van der Waals surface area (Å²) >= 11 is 0. The second-order valence-electron chi connectivity index (χ2n) is 2.60. The maximum absolute atomic E-state index is 5.18. The number of nitrogens with zero attached hydrogens (tertiary/aromatic N) is 1. The van der Waals surface area contributed by atoms with E-state index in [2.05, 4.69) is 10.3 Å². The molecule has 1 aromatic carbocycles. The van der Waals surface area contributed by atoms with Gasteiger partial charge >= 0.3 is 0 Å². The van der Waals surface area contributed by atoms with E-state index in [9.17, 15) is 0 Å². The number of benzene rings is 1. The molecule has 1 N–H and O–H groups in total. The van der Waals surface area contributed by atoms with Crippen molar-refractivity contribution >= 4 is 12.0 Å². The average molecular weight is 162 g/mol. The molecule has 12 heavy (non-hydrogen) atoms. The van der Waals surface area contributed by atoms with Crippen LogP contribution in [0, 0.1) is 0 Å². The molecule has 0 bridgehead atoms. The zero-order valence-corrected chi connectivity index (χ0v) is 6.82. The Hall–Kier alpha value is -1.35. The highest BCUT2D eigenvalue weighted by atomic mass is 16.5. The van der Waals surface area contributed by atoms with Crippen LogP contribution in [-0.2, 0) is 4.74 Å². The molecule has 1 heterocycles. The lowest BCUT2D eigenvalue weighted by atomic mass is 10.1. The van der Waals surface area contributed by atoms with Crippen LogP contribution in [-0.4, -0.2) is 13.4 Å². The quantitative estimate of drug-likeness (QED) is 0.683. The minimum atomic E-state index is -0.151. The third kappa shape index (κ3) is 1.08. The molecular formula is C9H10N2O. The molecule has 2 rings (SSSR count). The number of ether oxygens (including phenoxy) is 1. The molecule has 0 aromatic heterocycles. The highest BCUT2D eigenvalue weighted by Gasteiger charge is 2.14. The first-order valence-electron chi connectivity index (χ1n) is 3.82. The van der Waals surface area contributed by atoms with E-state index < -0.39 is 0 Å². The first-order valence-corrected chi connectivity index (χ1v) is 3.82. The Kier molecular flexibility index (Phi) is 1.80. The number of hydrogen-bond acceptors (Lipinski definition) is 3. The molecule has 1 aliphatic rings. The summed E-state index contributed by atoms with van der Waals surface area (Å²) in [6.07, 6.45) is 1.51. The van der Waals surface area contributed by atoms with E-state index in [0.717, 1.165) is 11.3 Å². The van der Waals surface area contributed by atoms with Gasteiger partial charge in [0.25, 0.3) is 0 Å². The lowest BCUT2D eigenvalue weighted by Crippen LogP contribution is -2.11. The van der Waals surface area contributed by atoms with Gasteiger partial charge in [-0.05, 0) is 6.07 Å². The predicted molar refractivity (Wildman–Crippen MR) is 48.3 cm³/mol. The first kappa shape index (κ1) is 7.31. The van der Waals surface area contributed by atoms with E-state index in [1.165, 1.54) is 0 Å². The molecule has 0 unspecified atom stereocenters. The van der Waals surface area contributed by atoms with Gasteiger partial charge in [0.15, 0.2) is 6.23 Å². The van der Waals surface area contributed by atoms with Gasteiger partial charge in [0.1, 0.15) is 0 Å². The van der Waals surface area contributed by atoms with E-state index in [1.54, 1.807) is 13.4 Å². The molecule has 0 spiro atoms. The van der Waals surface area contributed by atoms with Crippen LogP contribution < -0.4 is 5.32 Å². The van der Waals surface area contributed by atoms with Crippen LogP contribution in [0.15, 0.2) is 29.3 Å². The highest BCUT2D eigenvalue weighted by molar-refractivity contribution is 5.80. The lowest BCUT2D eigenvalue weighted by Gasteiger charge is -2.19. The summed E-state index contributed by atoms with van der Waals surface area (Å²) in [6.45, 7) is 0. The minimum Gasteiger partial charge on any atom is -0.355 e. The number of aliphatic imine (C=N–C) groups is 1. The van der Waals surface area contributed by atoms with Gasteiger partial charge in [0, 0.05) is 18.4 Å². The maximum Gasteiger partial charge on any atom is 0.177 e. The summed E-state index contributed by atoms with van der Waals surface area (Å²) < 4.78 is 5.18. The fourth-order valence-corrected chi connectivity index (χ4v) is 1.29. The van der Waals surface area contributed by atoms with Crippen molar-refractivity contribution in [3.8, 4) is 0 Å². The van der Waals surface area contributed by atoms with Crippen molar-refractivity contribution in [3.05, 3.63) is 29.8 Å². The van der Waals surface area contributed by atoms with Gasteiger partial charge in [0.05, 0.1) is 6.34 Å². The third-order valence-electron chi connectivity index (χ3n) is 1.88. The van der Waals surface area contributed by atoms with E-state index in [0.29, 0.717) is 0 Å². The second kappa shape index (κ2) is 2.95. The Labute approximate surface area is 71.1 Å². The van der Waals surface area contributed by atoms with Gasteiger partial charge < -0.3 is 10.1 Å². The highest BCUT2D eigenvalue weighted by Crippen LogP contribution is 2.27. The van der Waals surface area contributed by atoms with Crippen LogP contribution in [0.25, 0.3) is 0 Å². The molecule has 0 saturated heterocycles.